The quantitative estimate of drug-likeness (QED) is 0.800. The minimum atomic E-state index is -4.42. The first kappa shape index (κ1) is 14.1. The Balaban J connectivity index is 2.17. The molecule has 0 saturated heterocycles. The lowest BCUT2D eigenvalue weighted by atomic mass is 10.1. The maximum atomic E-state index is 12.6. The molecular formula is C13H11BrF3NO. The van der Waals surface area contributed by atoms with Gasteiger partial charge < -0.3 is 5.32 Å². The normalized spacial score (nSPS) is 15.8. The second-order valence-electron chi connectivity index (χ2n) is 4.32. The standard InChI is InChI=1S/C13H11BrF3NO/c14-10-6-5-9(13(15,16)17)7-11(10)18-12(19)8-3-1-2-4-8/h1-2,5-8H,3-4H2,(H,18,19). The smallest absolute Gasteiger partial charge is 0.325 e. The van der Waals surface area contributed by atoms with Gasteiger partial charge >= 0.3 is 6.18 Å². The van der Waals surface area contributed by atoms with Crippen molar-refractivity contribution in [3.05, 3.63) is 40.4 Å². The van der Waals surface area contributed by atoms with Gasteiger partial charge in [-0.25, -0.2) is 0 Å². The number of anilines is 1. The molecule has 1 aliphatic rings. The Morgan fingerprint density at radius 3 is 2.47 bits per heavy atom. The van der Waals surface area contributed by atoms with E-state index in [4.69, 9.17) is 0 Å². The fourth-order valence-electron chi connectivity index (χ4n) is 1.86. The Labute approximate surface area is 116 Å². The van der Waals surface area contributed by atoms with E-state index in [1.54, 1.807) is 0 Å². The van der Waals surface area contributed by atoms with Gasteiger partial charge in [-0.05, 0) is 47.0 Å². The number of rotatable bonds is 2. The second-order valence-corrected chi connectivity index (χ2v) is 5.18. The van der Waals surface area contributed by atoms with Crippen LogP contribution in [0.15, 0.2) is 34.8 Å². The molecular weight excluding hydrogens is 323 g/mol. The first-order chi connectivity index (χ1) is 8.88. The molecule has 2 rings (SSSR count). The van der Waals surface area contributed by atoms with Crippen LogP contribution in [0.25, 0.3) is 0 Å². The Morgan fingerprint density at radius 1 is 1.26 bits per heavy atom. The van der Waals surface area contributed by atoms with Gasteiger partial charge in [-0.3, -0.25) is 4.79 Å². The minimum Gasteiger partial charge on any atom is -0.325 e. The molecule has 1 aromatic carbocycles. The predicted molar refractivity (Wildman–Crippen MR) is 69.6 cm³/mol. The fourth-order valence-corrected chi connectivity index (χ4v) is 2.21. The van der Waals surface area contributed by atoms with Gasteiger partial charge in [0.2, 0.25) is 5.91 Å². The van der Waals surface area contributed by atoms with Crippen molar-refractivity contribution in [3.63, 3.8) is 0 Å². The number of nitrogens with one attached hydrogen (secondary N) is 1. The van der Waals surface area contributed by atoms with Gasteiger partial charge in [0.15, 0.2) is 0 Å². The molecule has 102 valence electrons. The molecule has 0 unspecified atom stereocenters. The number of benzene rings is 1. The monoisotopic (exact) mass is 333 g/mol. The molecule has 6 heteroatoms. The molecule has 1 N–H and O–H groups in total. The van der Waals surface area contributed by atoms with Gasteiger partial charge in [0, 0.05) is 10.4 Å². The maximum absolute atomic E-state index is 12.6. The van der Waals surface area contributed by atoms with E-state index in [9.17, 15) is 18.0 Å². The van der Waals surface area contributed by atoms with Crippen LogP contribution in [0.3, 0.4) is 0 Å². The lowest BCUT2D eigenvalue weighted by Gasteiger charge is -2.14. The van der Waals surface area contributed by atoms with Gasteiger partial charge in [0.25, 0.3) is 0 Å². The summed E-state index contributed by atoms with van der Waals surface area (Å²) in [6, 6.07) is 3.19. The Kier molecular flexibility index (Phi) is 3.99. The summed E-state index contributed by atoms with van der Waals surface area (Å²) in [5, 5.41) is 2.54. The van der Waals surface area contributed by atoms with Gasteiger partial charge in [-0.1, -0.05) is 12.2 Å². The van der Waals surface area contributed by atoms with Crippen LogP contribution in [0.5, 0.6) is 0 Å². The fraction of sp³-hybridized carbons (Fsp3) is 0.308. The zero-order valence-electron chi connectivity index (χ0n) is 9.80. The number of alkyl halides is 3. The van der Waals surface area contributed by atoms with Crippen LogP contribution in [-0.4, -0.2) is 5.91 Å². The van der Waals surface area contributed by atoms with Crippen LogP contribution in [-0.2, 0) is 11.0 Å². The van der Waals surface area contributed by atoms with Crippen molar-refractivity contribution in [3.8, 4) is 0 Å². The molecule has 2 nitrogen and oxygen atoms in total. The van der Waals surface area contributed by atoms with Gasteiger partial charge in [0.1, 0.15) is 0 Å². The van der Waals surface area contributed by atoms with Crippen molar-refractivity contribution < 1.29 is 18.0 Å². The number of hydrogen-bond acceptors (Lipinski definition) is 1. The Morgan fingerprint density at radius 2 is 1.89 bits per heavy atom. The van der Waals surface area contributed by atoms with Crippen molar-refractivity contribution in [2.24, 2.45) is 5.92 Å². The van der Waals surface area contributed by atoms with Crippen molar-refractivity contribution in [2.45, 2.75) is 19.0 Å². The van der Waals surface area contributed by atoms with Crippen LogP contribution in [0.1, 0.15) is 18.4 Å². The molecule has 1 amide bonds. The van der Waals surface area contributed by atoms with E-state index in [0.717, 1.165) is 12.1 Å². The number of hydrogen-bond donors (Lipinski definition) is 1. The van der Waals surface area contributed by atoms with Gasteiger partial charge in [-0.15, -0.1) is 0 Å². The summed E-state index contributed by atoms with van der Waals surface area (Å²) in [7, 11) is 0. The topological polar surface area (TPSA) is 29.1 Å². The van der Waals surface area contributed by atoms with E-state index in [1.807, 2.05) is 12.2 Å². The average molecular weight is 334 g/mol. The Hall–Kier alpha value is -1.30. The highest BCUT2D eigenvalue weighted by Crippen LogP contribution is 2.34. The molecule has 0 spiro atoms. The molecule has 0 saturated carbocycles. The lowest BCUT2D eigenvalue weighted by molar-refractivity contribution is -0.137. The summed E-state index contributed by atoms with van der Waals surface area (Å²) >= 11 is 3.14. The predicted octanol–water partition coefficient (Wildman–Crippen LogP) is 4.37. The largest absolute Gasteiger partial charge is 0.416 e. The average Bonchev–Trinajstić information content (AvgIpc) is 2.84. The molecule has 0 atom stereocenters. The number of carbonyl (C=O) groups is 1. The number of carbonyl (C=O) groups excluding carboxylic acids is 1. The molecule has 0 aromatic heterocycles. The molecule has 0 heterocycles. The highest BCUT2D eigenvalue weighted by molar-refractivity contribution is 9.10. The number of allylic oxidation sites excluding steroid dienone is 2. The molecule has 0 aliphatic heterocycles. The van der Waals surface area contributed by atoms with Crippen molar-refractivity contribution >= 4 is 27.5 Å². The maximum Gasteiger partial charge on any atom is 0.416 e. The van der Waals surface area contributed by atoms with E-state index < -0.39 is 11.7 Å². The van der Waals surface area contributed by atoms with Crippen molar-refractivity contribution in [1.82, 2.24) is 0 Å². The van der Waals surface area contributed by atoms with Crippen molar-refractivity contribution in [2.75, 3.05) is 5.32 Å². The summed E-state index contributed by atoms with van der Waals surface area (Å²) in [6.07, 6.45) is 0.622. The second kappa shape index (κ2) is 5.36. The third-order valence-electron chi connectivity index (χ3n) is 2.93. The minimum absolute atomic E-state index is 0.145. The van der Waals surface area contributed by atoms with E-state index in [0.29, 0.717) is 17.3 Å². The molecule has 0 fully saturated rings. The third kappa shape index (κ3) is 3.37. The van der Waals surface area contributed by atoms with Gasteiger partial charge in [0.05, 0.1) is 11.3 Å². The van der Waals surface area contributed by atoms with Crippen LogP contribution in [0.2, 0.25) is 0 Å². The van der Waals surface area contributed by atoms with E-state index in [1.165, 1.54) is 6.07 Å². The molecule has 0 radical (unpaired) electrons. The summed E-state index contributed by atoms with van der Waals surface area (Å²) < 4.78 is 38.2. The summed E-state index contributed by atoms with van der Waals surface area (Å²) in [6.45, 7) is 0. The first-order valence-corrected chi connectivity index (χ1v) is 6.50. The third-order valence-corrected chi connectivity index (χ3v) is 3.62. The zero-order valence-corrected chi connectivity index (χ0v) is 11.4. The number of amides is 1. The van der Waals surface area contributed by atoms with Crippen LogP contribution < -0.4 is 5.32 Å². The molecule has 1 aromatic rings. The first-order valence-electron chi connectivity index (χ1n) is 5.70. The van der Waals surface area contributed by atoms with Crippen LogP contribution in [0.4, 0.5) is 18.9 Å². The van der Waals surface area contributed by atoms with E-state index in [2.05, 4.69) is 21.2 Å². The zero-order chi connectivity index (χ0) is 14.0. The highest BCUT2D eigenvalue weighted by atomic mass is 79.9. The summed E-state index contributed by atoms with van der Waals surface area (Å²) in [5.74, 6) is -0.452. The molecule has 1 aliphatic carbocycles. The summed E-state index contributed by atoms with van der Waals surface area (Å²) in [4.78, 5) is 11.9. The SMILES string of the molecule is O=C(Nc1cc(C(F)(F)F)ccc1Br)C1CC=CC1. The lowest BCUT2D eigenvalue weighted by Crippen LogP contribution is -2.21. The number of halogens is 4. The van der Waals surface area contributed by atoms with Crippen LogP contribution in [0, 0.1) is 5.92 Å². The van der Waals surface area contributed by atoms with Crippen molar-refractivity contribution in [1.29, 1.82) is 0 Å². The van der Waals surface area contributed by atoms with Gasteiger partial charge in [-0.2, -0.15) is 13.2 Å². The van der Waals surface area contributed by atoms with E-state index in [-0.39, 0.29) is 17.5 Å². The van der Waals surface area contributed by atoms with E-state index >= 15 is 0 Å². The van der Waals surface area contributed by atoms with Crippen LogP contribution >= 0.6 is 15.9 Å². The highest BCUT2D eigenvalue weighted by Gasteiger charge is 2.31. The summed E-state index contributed by atoms with van der Waals surface area (Å²) in [5.41, 5.74) is -0.637. The molecule has 0 bridgehead atoms. The molecule has 19 heavy (non-hydrogen) atoms. The Bertz CT molecular complexity index is 517.